The van der Waals surface area contributed by atoms with Crippen molar-refractivity contribution in [2.24, 2.45) is 0 Å². The third-order valence-corrected chi connectivity index (χ3v) is 2.42. The van der Waals surface area contributed by atoms with Crippen molar-refractivity contribution in [1.29, 1.82) is 5.26 Å². The van der Waals surface area contributed by atoms with E-state index in [1.165, 1.54) is 7.11 Å². The molecule has 0 heterocycles. The van der Waals surface area contributed by atoms with Gasteiger partial charge in [0.2, 0.25) is 0 Å². The number of ether oxygens (including phenoxy) is 1. The molecule has 5 nitrogen and oxygen atoms in total. The average molecular weight is 236 g/mol. The summed E-state index contributed by atoms with van der Waals surface area (Å²) in [6, 6.07) is 6.98. The second kappa shape index (κ2) is 6.86. The molecule has 0 aliphatic carbocycles. The summed E-state index contributed by atoms with van der Waals surface area (Å²) in [7, 11) is 1.52. The molecule has 0 saturated carbocycles. The zero-order valence-electron chi connectivity index (χ0n) is 9.68. The largest absolute Gasteiger partial charge is 0.495 e. The quantitative estimate of drug-likeness (QED) is 0.648. The number of rotatable bonds is 6. The van der Waals surface area contributed by atoms with Crippen molar-refractivity contribution in [3.8, 4) is 11.8 Å². The van der Waals surface area contributed by atoms with Crippen LogP contribution in [0.5, 0.6) is 5.75 Å². The van der Waals surface area contributed by atoms with Crippen LogP contribution in [0.2, 0.25) is 0 Å². The monoisotopic (exact) mass is 236 g/mol. The maximum atomic E-state index is 8.91. The second-order valence-corrected chi connectivity index (χ2v) is 3.59. The SMILES string of the molecule is COc1ccc(CNC(CO)CO)cc1C#N. The number of hydrogen-bond acceptors (Lipinski definition) is 5. The van der Waals surface area contributed by atoms with Crippen LogP contribution in [0.15, 0.2) is 18.2 Å². The first-order chi connectivity index (χ1) is 8.24. The number of nitriles is 1. The lowest BCUT2D eigenvalue weighted by Crippen LogP contribution is -2.35. The fourth-order valence-corrected chi connectivity index (χ4v) is 1.40. The van der Waals surface area contributed by atoms with Crippen LogP contribution in [-0.2, 0) is 6.54 Å². The standard InChI is InChI=1S/C12H16N2O3/c1-17-12-3-2-9(4-10(12)5-13)6-14-11(7-15)8-16/h2-4,11,14-16H,6-8H2,1H3. The third-order valence-electron chi connectivity index (χ3n) is 2.42. The van der Waals surface area contributed by atoms with Gasteiger partial charge in [-0.25, -0.2) is 0 Å². The van der Waals surface area contributed by atoms with E-state index in [1.807, 2.05) is 6.07 Å². The summed E-state index contributed by atoms with van der Waals surface area (Å²) in [5.41, 5.74) is 1.37. The summed E-state index contributed by atoms with van der Waals surface area (Å²) in [4.78, 5) is 0. The van der Waals surface area contributed by atoms with Gasteiger partial charge in [0.05, 0.1) is 31.9 Å². The Bertz CT molecular complexity index is 397. The molecule has 0 spiro atoms. The van der Waals surface area contributed by atoms with E-state index in [0.29, 0.717) is 17.9 Å². The Labute approximate surface area is 100 Å². The average Bonchev–Trinajstić information content (AvgIpc) is 2.39. The highest BCUT2D eigenvalue weighted by Crippen LogP contribution is 2.18. The lowest BCUT2D eigenvalue weighted by molar-refractivity contribution is 0.170. The van der Waals surface area contributed by atoms with Crippen molar-refractivity contribution in [2.45, 2.75) is 12.6 Å². The molecule has 92 valence electrons. The number of benzene rings is 1. The lowest BCUT2D eigenvalue weighted by Gasteiger charge is -2.13. The second-order valence-electron chi connectivity index (χ2n) is 3.59. The third kappa shape index (κ3) is 3.71. The zero-order chi connectivity index (χ0) is 12.7. The minimum absolute atomic E-state index is 0.127. The van der Waals surface area contributed by atoms with E-state index in [4.69, 9.17) is 20.2 Å². The van der Waals surface area contributed by atoms with Gasteiger partial charge in [-0.3, -0.25) is 0 Å². The topological polar surface area (TPSA) is 85.5 Å². The Balaban J connectivity index is 2.70. The van der Waals surface area contributed by atoms with Gasteiger partial charge in [0.25, 0.3) is 0 Å². The van der Waals surface area contributed by atoms with Gasteiger partial charge in [-0.15, -0.1) is 0 Å². The summed E-state index contributed by atoms with van der Waals surface area (Å²) in [6.07, 6.45) is 0. The number of methoxy groups -OCH3 is 1. The maximum Gasteiger partial charge on any atom is 0.136 e. The summed E-state index contributed by atoms with van der Waals surface area (Å²) in [6.45, 7) is 0.222. The van der Waals surface area contributed by atoms with E-state index in [-0.39, 0.29) is 19.3 Å². The molecule has 0 radical (unpaired) electrons. The molecular formula is C12H16N2O3. The van der Waals surface area contributed by atoms with Gasteiger partial charge < -0.3 is 20.3 Å². The number of nitrogens with one attached hydrogen (secondary N) is 1. The van der Waals surface area contributed by atoms with Crippen molar-refractivity contribution in [3.63, 3.8) is 0 Å². The first kappa shape index (κ1) is 13.5. The van der Waals surface area contributed by atoms with Crippen LogP contribution in [0.1, 0.15) is 11.1 Å². The Morgan fingerprint density at radius 3 is 2.65 bits per heavy atom. The highest BCUT2D eigenvalue weighted by Gasteiger charge is 2.07. The van der Waals surface area contributed by atoms with Gasteiger partial charge in [0.1, 0.15) is 11.8 Å². The first-order valence-electron chi connectivity index (χ1n) is 5.27. The molecule has 0 saturated heterocycles. The number of nitrogens with zero attached hydrogens (tertiary/aromatic N) is 1. The fourth-order valence-electron chi connectivity index (χ4n) is 1.40. The van der Waals surface area contributed by atoms with Crippen LogP contribution >= 0.6 is 0 Å². The minimum Gasteiger partial charge on any atom is -0.495 e. The van der Waals surface area contributed by atoms with E-state index in [0.717, 1.165) is 5.56 Å². The highest BCUT2D eigenvalue weighted by molar-refractivity contribution is 5.45. The molecule has 1 aromatic carbocycles. The molecule has 0 aliphatic rings. The Morgan fingerprint density at radius 2 is 2.12 bits per heavy atom. The van der Waals surface area contributed by atoms with Crippen LogP contribution < -0.4 is 10.1 Å². The molecule has 5 heteroatoms. The predicted octanol–water partition coefficient (Wildman–Crippen LogP) is 0.00968. The molecule has 0 aromatic heterocycles. The molecule has 0 fully saturated rings. The highest BCUT2D eigenvalue weighted by atomic mass is 16.5. The smallest absolute Gasteiger partial charge is 0.136 e. The zero-order valence-corrected chi connectivity index (χ0v) is 9.68. The molecule has 3 N–H and O–H groups in total. The number of aliphatic hydroxyl groups excluding tert-OH is 2. The van der Waals surface area contributed by atoms with E-state index in [2.05, 4.69) is 11.4 Å². The van der Waals surface area contributed by atoms with Crippen LogP contribution in [0.3, 0.4) is 0 Å². The molecule has 0 bridgehead atoms. The molecule has 0 unspecified atom stereocenters. The van der Waals surface area contributed by atoms with Gasteiger partial charge in [-0.05, 0) is 17.7 Å². The van der Waals surface area contributed by atoms with Crippen molar-refractivity contribution >= 4 is 0 Å². The van der Waals surface area contributed by atoms with E-state index < -0.39 is 0 Å². The van der Waals surface area contributed by atoms with Crippen LogP contribution in [0.25, 0.3) is 0 Å². The summed E-state index contributed by atoms with van der Waals surface area (Å²) >= 11 is 0. The number of hydrogen-bond donors (Lipinski definition) is 3. The Hall–Kier alpha value is -1.61. The minimum atomic E-state index is -0.345. The van der Waals surface area contributed by atoms with Crippen molar-refractivity contribution in [3.05, 3.63) is 29.3 Å². The molecule has 0 atom stereocenters. The Morgan fingerprint density at radius 1 is 1.41 bits per heavy atom. The normalized spacial score (nSPS) is 10.3. The molecule has 17 heavy (non-hydrogen) atoms. The summed E-state index contributed by atoms with van der Waals surface area (Å²) < 4.78 is 5.04. The predicted molar refractivity (Wildman–Crippen MR) is 62.5 cm³/mol. The molecule has 0 aliphatic heterocycles. The van der Waals surface area contributed by atoms with Crippen molar-refractivity contribution in [2.75, 3.05) is 20.3 Å². The van der Waals surface area contributed by atoms with Crippen LogP contribution in [0.4, 0.5) is 0 Å². The van der Waals surface area contributed by atoms with Gasteiger partial charge in [-0.1, -0.05) is 6.07 Å². The molecule has 0 amide bonds. The first-order valence-corrected chi connectivity index (χ1v) is 5.27. The van der Waals surface area contributed by atoms with Gasteiger partial charge >= 0.3 is 0 Å². The number of aliphatic hydroxyl groups is 2. The molecular weight excluding hydrogens is 220 g/mol. The summed E-state index contributed by atoms with van der Waals surface area (Å²) in [5.74, 6) is 0.539. The van der Waals surface area contributed by atoms with E-state index in [1.54, 1.807) is 12.1 Å². The van der Waals surface area contributed by atoms with Crippen LogP contribution in [0, 0.1) is 11.3 Å². The van der Waals surface area contributed by atoms with Gasteiger partial charge in [-0.2, -0.15) is 5.26 Å². The van der Waals surface area contributed by atoms with Gasteiger partial charge in [0.15, 0.2) is 0 Å². The fraction of sp³-hybridized carbons (Fsp3) is 0.417. The maximum absolute atomic E-state index is 8.91. The lowest BCUT2D eigenvalue weighted by atomic mass is 10.1. The Kier molecular flexibility index (Phi) is 5.43. The van der Waals surface area contributed by atoms with Crippen molar-refractivity contribution < 1.29 is 14.9 Å². The molecule has 1 aromatic rings. The summed E-state index contributed by atoms with van der Waals surface area (Å²) in [5, 5.41) is 29.7. The van der Waals surface area contributed by atoms with E-state index in [9.17, 15) is 0 Å². The van der Waals surface area contributed by atoms with Crippen LogP contribution in [-0.4, -0.2) is 36.6 Å². The van der Waals surface area contributed by atoms with Gasteiger partial charge in [0, 0.05) is 6.54 Å². The van der Waals surface area contributed by atoms with Crippen molar-refractivity contribution in [1.82, 2.24) is 5.32 Å². The van der Waals surface area contributed by atoms with E-state index >= 15 is 0 Å². The molecule has 1 rings (SSSR count).